The molecule has 1 atom stereocenters. The third-order valence-electron chi connectivity index (χ3n) is 1.35. The monoisotopic (exact) mass is 154 g/mol. The number of carbonyl (C=O) groups excluding carboxylic acids is 1. The molecule has 1 unspecified atom stereocenters. The number of ketones is 1. The predicted octanol–water partition coefficient (Wildman–Crippen LogP) is -0.0164. The highest BCUT2D eigenvalue weighted by molar-refractivity contribution is 5.97. The van der Waals surface area contributed by atoms with Crippen molar-refractivity contribution in [3.8, 4) is 0 Å². The number of aromatic nitrogens is 2. The molecule has 0 aliphatic rings. The Balaban J connectivity index is 2.85. The van der Waals surface area contributed by atoms with Gasteiger partial charge in [-0.15, -0.1) is 0 Å². The molecule has 0 saturated heterocycles. The van der Waals surface area contributed by atoms with E-state index in [4.69, 9.17) is 5.11 Å². The Morgan fingerprint density at radius 3 is 2.82 bits per heavy atom. The lowest BCUT2D eigenvalue weighted by atomic mass is 10.2. The van der Waals surface area contributed by atoms with E-state index in [2.05, 4.69) is 5.10 Å². The fraction of sp³-hybridized carbons (Fsp3) is 0.429. The Hall–Kier alpha value is -1.16. The molecule has 1 aromatic rings. The molecule has 1 heterocycles. The van der Waals surface area contributed by atoms with Crippen molar-refractivity contribution in [1.29, 1.82) is 0 Å². The SMILES string of the molecule is CC(O)C(=O)c1ccn(C)n1. The summed E-state index contributed by atoms with van der Waals surface area (Å²) < 4.78 is 1.52. The van der Waals surface area contributed by atoms with E-state index in [0.29, 0.717) is 5.69 Å². The van der Waals surface area contributed by atoms with Crippen LogP contribution in [0.2, 0.25) is 0 Å². The first-order valence-corrected chi connectivity index (χ1v) is 3.33. The minimum absolute atomic E-state index is 0.308. The molecule has 0 bridgehead atoms. The van der Waals surface area contributed by atoms with E-state index < -0.39 is 6.10 Å². The molecule has 0 fully saturated rings. The Morgan fingerprint density at radius 2 is 2.45 bits per heavy atom. The smallest absolute Gasteiger partial charge is 0.211 e. The molecular weight excluding hydrogens is 144 g/mol. The number of aliphatic hydroxyl groups is 1. The van der Waals surface area contributed by atoms with Crippen molar-refractivity contribution in [2.75, 3.05) is 0 Å². The second kappa shape index (κ2) is 2.84. The Bertz CT molecular complexity index is 265. The summed E-state index contributed by atoms with van der Waals surface area (Å²) in [6.07, 6.45) is 0.695. The van der Waals surface area contributed by atoms with Crippen LogP contribution in [0, 0.1) is 0 Å². The molecule has 11 heavy (non-hydrogen) atoms. The van der Waals surface area contributed by atoms with Gasteiger partial charge in [0, 0.05) is 13.2 Å². The van der Waals surface area contributed by atoms with Gasteiger partial charge in [0.15, 0.2) is 0 Å². The average molecular weight is 154 g/mol. The molecule has 0 aliphatic carbocycles. The highest BCUT2D eigenvalue weighted by Gasteiger charge is 2.13. The molecule has 0 aliphatic heterocycles. The predicted molar refractivity (Wildman–Crippen MR) is 39.2 cm³/mol. The molecule has 0 amide bonds. The van der Waals surface area contributed by atoms with Crippen LogP contribution in [-0.4, -0.2) is 26.8 Å². The summed E-state index contributed by atoms with van der Waals surface area (Å²) in [5.41, 5.74) is 0.308. The highest BCUT2D eigenvalue weighted by atomic mass is 16.3. The second-order valence-electron chi connectivity index (χ2n) is 2.41. The maximum absolute atomic E-state index is 11.0. The summed E-state index contributed by atoms with van der Waals surface area (Å²) in [5.74, 6) is -0.342. The van der Waals surface area contributed by atoms with Crippen LogP contribution in [0.4, 0.5) is 0 Å². The fourth-order valence-electron chi connectivity index (χ4n) is 0.761. The van der Waals surface area contributed by atoms with Crippen molar-refractivity contribution in [3.63, 3.8) is 0 Å². The number of aryl methyl sites for hydroxylation is 1. The minimum atomic E-state index is -0.968. The van der Waals surface area contributed by atoms with Gasteiger partial charge in [-0.2, -0.15) is 5.10 Å². The van der Waals surface area contributed by atoms with Crippen LogP contribution in [-0.2, 0) is 7.05 Å². The van der Waals surface area contributed by atoms with Gasteiger partial charge in [0.2, 0.25) is 5.78 Å². The van der Waals surface area contributed by atoms with E-state index >= 15 is 0 Å². The Labute approximate surface area is 64.5 Å². The van der Waals surface area contributed by atoms with E-state index in [0.717, 1.165) is 0 Å². The topological polar surface area (TPSA) is 55.1 Å². The van der Waals surface area contributed by atoms with Crippen LogP contribution in [0.3, 0.4) is 0 Å². The van der Waals surface area contributed by atoms with Gasteiger partial charge in [-0.25, -0.2) is 0 Å². The van der Waals surface area contributed by atoms with Crippen LogP contribution in [0.1, 0.15) is 17.4 Å². The van der Waals surface area contributed by atoms with E-state index in [1.807, 2.05) is 0 Å². The van der Waals surface area contributed by atoms with Gasteiger partial charge in [0.25, 0.3) is 0 Å². The van der Waals surface area contributed by atoms with Crippen molar-refractivity contribution in [3.05, 3.63) is 18.0 Å². The van der Waals surface area contributed by atoms with E-state index in [1.54, 1.807) is 19.3 Å². The van der Waals surface area contributed by atoms with Gasteiger partial charge in [0.05, 0.1) is 0 Å². The Kier molecular flexibility index (Phi) is 2.05. The number of Topliss-reactive ketones (excluding diaryl/α,β-unsaturated/α-hetero) is 1. The number of hydrogen-bond donors (Lipinski definition) is 1. The van der Waals surface area contributed by atoms with E-state index in [1.165, 1.54) is 11.6 Å². The first-order chi connectivity index (χ1) is 5.11. The summed E-state index contributed by atoms with van der Waals surface area (Å²) in [4.78, 5) is 11.0. The number of hydrogen-bond acceptors (Lipinski definition) is 3. The molecule has 60 valence electrons. The van der Waals surface area contributed by atoms with Gasteiger partial charge < -0.3 is 5.11 Å². The third kappa shape index (κ3) is 1.65. The molecule has 4 heteroatoms. The normalized spacial score (nSPS) is 13.0. The molecule has 0 radical (unpaired) electrons. The lowest BCUT2D eigenvalue weighted by Crippen LogP contribution is -2.16. The lowest BCUT2D eigenvalue weighted by Gasteiger charge is -1.97. The fourth-order valence-corrected chi connectivity index (χ4v) is 0.761. The summed E-state index contributed by atoms with van der Waals surface area (Å²) in [7, 11) is 1.72. The zero-order chi connectivity index (χ0) is 8.43. The molecule has 0 saturated carbocycles. The van der Waals surface area contributed by atoms with Crippen molar-refractivity contribution < 1.29 is 9.90 Å². The van der Waals surface area contributed by atoms with Crippen molar-refractivity contribution >= 4 is 5.78 Å². The largest absolute Gasteiger partial charge is 0.385 e. The summed E-state index contributed by atoms with van der Waals surface area (Å²) in [5, 5.41) is 12.7. The van der Waals surface area contributed by atoms with E-state index in [9.17, 15) is 4.79 Å². The highest BCUT2D eigenvalue weighted by Crippen LogP contribution is 1.98. The van der Waals surface area contributed by atoms with Crippen molar-refractivity contribution in [2.45, 2.75) is 13.0 Å². The minimum Gasteiger partial charge on any atom is -0.385 e. The second-order valence-corrected chi connectivity index (χ2v) is 2.41. The van der Waals surface area contributed by atoms with Gasteiger partial charge >= 0.3 is 0 Å². The number of nitrogens with zero attached hydrogens (tertiary/aromatic N) is 2. The number of aliphatic hydroxyl groups excluding tert-OH is 1. The molecular formula is C7H10N2O2. The van der Waals surface area contributed by atoms with Gasteiger partial charge in [-0.3, -0.25) is 9.48 Å². The van der Waals surface area contributed by atoms with Gasteiger partial charge in [-0.05, 0) is 13.0 Å². The van der Waals surface area contributed by atoms with Gasteiger partial charge in [-0.1, -0.05) is 0 Å². The third-order valence-corrected chi connectivity index (χ3v) is 1.35. The standard InChI is InChI=1S/C7H10N2O2/c1-5(10)7(11)6-3-4-9(2)8-6/h3-5,10H,1-2H3. The molecule has 1 N–H and O–H groups in total. The van der Waals surface area contributed by atoms with Gasteiger partial charge in [0.1, 0.15) is 11.8 Å². The summed E-state index contributed by atoms with van der Waals surface area (Å²) >= 11 is 0. The first-order valence-electron chi connectivity index (χ1n) is 3.33. The van der Waals surface area contributed by atoms with Crippen molar-refractivity contribution in [1.82, 2.24) is 9.78 Å². The van der Waals surface area contributed by atoms with Crippen LogP contribution in [0.15, 0.2) is 12.3 Å². The molecule has 0 spiro atoms. The summed E-state index contributed by atoms with van der Waals surface area (Å²) in [6.45, 7) is 1.43. The zero-order valence-corrected chi connectivity index (χ0v) is 6.48. The average Bonchev–Trinajstić information content (AvgIpc) is 2.34. The van der Waals surface area contributed by atoms with Crippen LogP contribution in [0.25, 0.3) is 0 Å². The van der Waals surface area contributed by atoms with Crippen LogP contribution < -0.4 is 0 Å². The molecule has 0 aromatic carbocycles. The quantitative estimate of drug-likeness (QED) is 0.609. The van der Waals surface area contributed by atoms with E-state index in [-0.39, 0.29) is 5.78 Å². The number of rotatable bonds is 2. The summed E-state index contributed by atoms with van der Waals surface area (Å²) in [6, 6.07) is 1.58. The first kappa shape index (κ1) is 7.94. The lowest BCUT2D eigenvalue weighted by molar-refractivity contribution is 0.0773. The maximum atomic E-state index is 11.0. The molecule has 4 nitrogen and oxygen atoms in total. The number of carbonyl (C=O) groups is 1. The Morgan fingerprint density at radius 1 is 1.82 bits per heavy atom. The van der Waals surface area contributed by atoms with Crippen LogP contribution >= 0.6 is 0 Å². The zero-order valence-electron chi connectivity index (χ0n) is 6.48. The molecule has 1 aromatic heterocycles. The maximum Gasteiger partial charge on any atom is 0.211 e. The van der Waals surface area contributed by atoms with Crippen molar-refractivity contribution in [2.24, 2.45) is 7.05 Å². The van der Waals surface area contributed by atoms with Crippen LogP contribution in [0.5, 0.6) is 0 Å². The molecule has 1 rings (SSSR count).